The Hall–Kier alpha value is -1.32. The number of aromatic nitrogens is 2. The highest BCUT2D eigenvalue weighted by atomic mass is 35.5. The molecular formula is C11H14ClN3. The highest BCUT2D eigenvalue weighted by Crippen LogP contribution is 2.08. The molecule has 0 aliphatic carbocycles. The van der Waals surface area contributed by atoms with Gasteiger partial charge in [-0.05, 0) is 25.1 Å². The maximum absolute atomic E-state index is 5.49. The van der Waals surface area contributed by atoms with Crippen LogP contribution in [0.1, 0.15) is 11.3 Å². The van der Waals surface area contributed by atoms with E-state index in [1.807, 2.05) is 29.1 Å². The zero-order chi connectivity index (χ0) is 9.97. The second kappa shape index (κ2) is 4.96. The van der Waals surface area contributed by atoms with Crippen molar-refractivity contribution in [2.24, 2.45) is 5.73 Å². The van der Waals surface area contributed by atoms with Crippen molar-refractivity contribution in [1.29, 1.82) is 0 Å². The van der Waals surface area contributed by atoms with E-state index >= 15 is 0 Å². The minimum absolute atomic E-state index is 0. The molecule has 2 aromatic rings. The van der Waals surface area contributed by atoms with E-state index in [1.54, 1.807) is 0 Å². The van der Waals surface area contributed by atoms with Gasteiger partial charge in [0, 0.05) is 12.7 Å². The van der Waals surface area contributed by atoms with Crippen LogP contribution in [0, 0.1) is 6.92 Å². The van der Waals surface area contributed by atoms with E-state index in [2.05, 4.69) is 24.2 Å². The molecule has 0 saturated carbocycles. The van der Waals surface area contributed by atoms with Crippen LogP contribution in [0.4, 0.5) is 0 Å². The summed E-state index contributed by atoms with van der Waals surface area (Å²) in [6.45, 7) is 2.55. The SMILES string of the molecule is Cc1ccc(-n2ccc(CN)n2)cc1.Cl. The van der Waals surface area contributed by atoms with Gasteiger partial charge in [0.25, 0.3) is 0 Å². The van der Waals surface area contributed by atoms with Gasteiger partial charge in [-0.3, -0.25) is 0 Å². The van der Waals surface area contributed by atoms with Gasteiger partial charge in [0.15, 0.2) is 0 Å². The van der Waals surface area contributed by atoms with Crippen molar-refractivity contribution in [1.82, 2.24) is 9.78 Å². The van der Waals surface area contributed by atoms with Gasteiger partial charge in [-0.2, -0.15) is 5.10 Å². The molecular weight excluding hydrogens is 210 g/mol. The Balaban J connectivity index is 0.00000112. The number of hydrogen-bond acceptors (Lipinski definition) is 2. The smallest absolute Gasteiger partial charge is 0.0764 e. The summed E-state index contributed by atoms with van der Waals surface area (Å²) in [4.78, 5) is 0. The number of nitrogens with two attached hydrogens (primary N) is 1. The molecule has 2 N–H and O–H groups in total. The van der Waals surface area contributed by atoms with Gasteiger partial charge in [-0.1, -0.05) is 17.7 Å². The van der Waals surface area contributed by atoms with Crippen LogP contribution >= 0.6 is 12.4 Å². The molecule has 0 spiro atoms. The second-order valence-corrected chi connectivity index (χ2v) is 3.29. The lowest BCUT2D eigenvalue weighted by Crippen LogP contribution is -2.00. The first-order valence-electron chi connectivity index (χ1n) is 4.61. The zero-order valence-corrected chi connectivity index (χ0v) is 9.37. The molecule has 0 amide bonds. The molecule has 1 aromatic carbocycles. The zero-order valence-electron chi connectivity index (χ0n) is 8.55. The maximum Gasteiger partial charge on any atom is 0.0764 e. The monoisotopic (exact) mass is 223 g/mol. The minimum Gasteiger partial charge on any atom is -0.325 e. The summed E-state index contributed by atoms with van der Waals surface area (Å²) in [6, 6.07) is 10.2. The minimum atomic E-state index is 0. The van der Waals surface area contributed by atoms with E-state index in [-0.39, 0.29) is 12.4 Å². The molecule has 0 saturated heterocycles. The van der Waals surface area contributed by atoms with Crippen molar-refractivity contribution in [2.45, 2.75) is 13.5 Å². The normalized spacial score (nSPS) is 9.73. The quantitative estimate of drug-likeness (QED) is 0.847. The lowest BCUT2D eigenvalue weighted by atomic mass is 10.2. The first kappa shape index (κ1) is 11.8. The number of halogens is 1. The maximum atomic E-state index is 5.49. The number of aryl methyl sites for hydroxylation is 1. The lowest BCUT2D eigenvalue weighted by Gasteiger charge is -2.00. The summed E-state index contributed by atoms with van der Waals surface area (Å²) in [5.41, 5.74) is 8.71. The molecule has 0 atom stereocenters. The molecule has 4 heteroatoms. The number of rotatable bonds is 2. The number of nitrogens with zero attached hydrogens (tertiary/aromatic N) is 2. The van der Waals surface area contributed by atoms with E-state index < -0.39 is 0 Å². The molecule has 0 unspecified atom stereocenters. The van der Waals surface area contributed by atoms with Gasteiger partial charge in [-0.25, -0.2) is 4.68 Å². The Kier molecular flexibility index (Phi) is 3.88. The van der Waals surface area contributed by atoms with Crippen molar-refractivity contribution < 1.29 is 0 Å². The summed E-state index contributed by atoms with van der Waals surface area (Å²) in [7, 11) is 0. The summed E-state index contributed by atoms with van der Waals surface area (Å²) >= 11 is 0. The van der Waals surface area contributed by atoms with Crippen molar-refractivity contribution >= 4 is 12.4 Å². The Bertz CT molecular complexity index is 420. The predicted octanol–water partition coefficient (Wildman–Crippen LogP) is 2.06. The van der Waals surface area contributed by atoms with Crippen molar-refractivity contribution in [2.75, 3.05) is 0 Å². The van der Waals surface area contributed by atoms with Gasteiger partial charge < -0.3 is 5.73 Å². The van der Waals surface area contributed by atoms with Crippen LogP contribution < -0.4 is 5.73 Å². The molecule has 0 aliphatic rings. The largest absolute Gasteiger partial charge is 0.325 e. The molecule has 15 heavy (non-hydrogen) atoms. The Labute approximate surface area is 95.3 Å². The van der Waals surface area contributed by atoms with E-state index in [0.29, 0.717) is 6.54 Å². The lowest BCUT2D eigenvalue weighted by molar-refractivity contribution is 0.833. The van der Waals surface area contributed by atoms with Gasteiger partial charge in [0.1, 0.15) is 0 Å². The standard InChI is InChI=1S/C11H13N3.ClH/c1-9-2-4-11(5-3-9)14-7-6-10(8-12)13-14;/h2-7H,8,12H2,1H3;1H. The molecule has 1 aromatic heterocycles. The fraction of sp³-hybridized carbons (Fsp3) is 0.182. The summed E-state index contributed by atoms with van der Waals surface area (Å²) in [5, 5.41) is 4.32. The molecule has 1 heterocycles. The average molecular weight is 224 g/mol. The van der Waals surface area contributed by atoms with Crippen LogP contribution in [0.25, 0.3) is 5.69 Å². The summed E-state index contributed by atoms with van der Waals surface area (Å²) < 4.78 is 1.83. The van der Waals surface area contributed by atoms with Gasteiger partial charge >= 0.3 is 0 Å². The van der Waals surface area contributed by atoms with Crippen LogP contribution in [0.2, 0.25) is 0 Å². The molecule has 3 nitrogen and oxygen atoms in total. The highest BCUT2D eigenvalue weighted by molar-refractivity contribution is 5.85. The average Bonchev–Trinajstić information content (AvgIpc) is 2.67. The van der Waals surface area contributed by atoms with Crippen molar-refractivity contribution in [3.05, 3.63) is 47.8 Å². The number of benzene rings is 1. The molecule has 80 valence electrons. The molecule has 0 fully saturated rings. The summed E-state index contributed by atoms with van der Waals surface area (Å²) in [5.74, 6) is 0. The second-order valence-electron chi connectivity index (χ2n) is 3.29. The van der Waals surface area contributed by atoms with Crippen LogP contribution in [-0.4, -0.2) is 9.78 Å². The van der Waals surface area contributed by atoms with Crippen LogP contribution in [0.3, 0.4) is 0 Å². The first-order valence-corrected chi connectivity index (χ1v) is 4.61. The molecule has 2 rings (SSSR count). The molecule has 0 aliphatic heterocycles. The van der Waals surface area contributed by atoms with Gasteiger partial charge in [-0.15, -0.1) is 12.4 Å². The topological polar surface area (TPSA) is 43.8 Å². The first-order chi connectivity index (χ1) is 6.79. The van der Waals surface area contributed by atoms with Gasteiger partial charge in [0.05, 0.1) is 11.4 Å². The Morgan fingerprint density at radius 2 is 1.87 bits per heavy atom. The summed E-state index contributed by atoms with van der Waals surface area (Å²) in [6.07, 6.45) is 1.92. The van der Waals surface area contributed by atoms with E-state index in [4.69, 9.17) is 5.73 Å². The van der Waals surface area contributed by atoms with E-state index in [1.165, 1.54) is 5.56 Å². The highest BCUT2D eigenvalue weighted by Gasteiger charge is 1.98. The van der Waals surface area contributed by atoms with Crippen molar-refractivity contribution in [3.8, 4) is 5.69 Å². The van der Waals surface area contributed by atoms with E-state index in [9.17, 15) is 0 Å². The van der Waals surface area contributed by atoms with Crippen molar-refractivity contribution in [3.63, 3.8) is 0 Å². The predicted molar refractivity (Wildman–Crippen MR) is 63.4 cm³/mol. The van der Waals surface area contributed by atoms with Crippen LogP contribution in [0.15, 0.2) is 36.5 Å². The van der Waals surface area contributed by atoms with Crippen LogP contribution in [0.5, 0.6) is 0 Å². The third-order valence-corrected chi connectivity index (χ3v) is 2.15. The Morgan fingerprint density at radius 1 is 1.20 bits per heavy atom. The fourth-order valence-corrected chi connectivity index (χ4v) is 1.31. The molecule has 0 radical (unpaired) electrons. The molecule has 0 bridgehead atoms. The fourth-order valence-electron chi connectivity index (χ4n) is 1.31. The third kappa shape index (κ3) is 2.58. The Morgan fingerprint density at radius 3 is 2.40 bits per heavy atom. The van der Waals surface area contributed by atoms with Crippen LogP contribution in [-0.2, 0) is 6.54 Å². The number of hydrogen-bond donors (Lipinski definition) is 1. The van der Waals surface area contributed by atoms with E-state index in [0.717, 1.165) is 11.4 Å². The third-order valence-electron chi connectivity index (χ3n) is 2.15. The van der Waals surface area contributed by atoms with Gasteiger partial charge in [0.2, 0.25) is 0 Å².